The summed E-state index contributed by atoms with van der Waals surface area (Å²) < 4.78 is 7.17. The van der Waals surface area contributed by atoms with E-state index in [0.717, 1.165) is 44.2 Å². The van der Waals surface area contributed by atoms with Crippen LogP contribution in [0.4, 0.5) is 0 Å². The van der Waals surface area contributed by atoms with E-state index in [0.29, 0.717) is 34.2 Å². The van der Waals surface area contributed by atoms with Gasteiger partial charge in [-0.15, -0.1) is 0 Å². The van der Waals surface area contributed by atoms with Crippen molar-refractivity contribution in [1.82, 2.24) is 24.9 Å². The van der Waals surface area contributed by atoms with Crippen LogP contribution in [0.2, 0.25) is 0 Å². The van der Waals surface area contributed by atoms with Gasteiger partial charge in [0.1, 0.15) is 0 Å². The van der Waals surface area contributed by atoms with Gasteiger partial charge in [-0.3, -0.25) is 14.6 Å². The molecule has 8 heteroatoms. The first-order valence-corrected chi connectivity index (χ1v) is 8.78. The number of rotatable bonds is 3. The SMILES string of the molecule is Cn1[nH]c(=O)c2c(-c3nc(C4(N)CCCC4)no3)cc(C3CC3)nc21. The number of hydrogen-bond donors (Lipinski definition) is 2. The van der Waals surface area contributed by atoms with Crippen molar-refractivity contribution in [2.24, 2.45) is 12.8 Å². The van der Waals surface area contributed by atoms with Crippen LogP contribution in [0.1, 0.15) is 56.0 Å². The smallest absolute Gasteiger partial charge is 0.274 e. The van der Waals surface area contributed by atoms with Crippen molar-refractivity contribution in [2.45, 2.75) is 50.0 Å². The van der Waals surface area contributed by atoms with Gasteiger partial charge in [0.2, 0.25) is 0 Å². The van der Waals surface area contributed by atoms with E-state index in [4.69, 9.17) is 10.3 Å². The number of H-pyrrole nitrogens is 1. The van der Waals surface area contributed by atoms with Gasteiger partial charge >= 0.3 is 0 Å². The molecule has 130 valence electrons. The summed E-state index contributed by atoms with van der Waals surface area (Å²) in [4.78, 5) is 21.6. The zero-order valence-corrected chi connectivity index (χ0v) is 14.1. The van der Waals surface area contributed by atoms with Gasteiger partial charge in [0.15, 0.2) is 11.5 Å². The van der Waals surface area contributed by atoms with Crippen LogP contribution in [0.25, 0.3) is 22.5 Å². The molecule has 0 amide bonds. The highest BCUT2D eigenvalue weighted by Crippen LogP contribution is 2.41. The molecule has 0 radical (unpaired) electrons. The molecule has 3 aromatic heterocycles. The molecule has 0 spiro atoms. The Hall–Kier alpha value is -2.48. The minimum Gasteiger partial charge on any atom is -0.334 e. The number of aryl methyl sites for hydroxylation is 1. The topological polar surface area (TPSA) is 116 Å². The zero-order valence-electron chi connectivity index (χ0n) is 14.1. The fourth-order valence-corrected chi connectivity index (χ4v) is 3.80. The summed E-state index contributed by atoms with van der Waals surface area (Å²) in [7, 11) is 1.78. The standard InChI is InChI=1S/C17H20N6O2/c1-23-13-12(14(24)21-23)10(8-11(19-13)9-4-5-9)15-20-16(22-25-15)17(18)6-2-3-7-17/h8-9H,2-7,18H2,1H3,(H,21,24). The van der Waals surface area contributed by atoms with E-state index >= 15 is 0 Å². The lowest BCUT2D eigenvalue weighted by molar-refractivity contribution is 0.373. The summed E-state index contributed by atoms with van der Waals surface area (Å²) in [5, 5.41) is 7.38. The third kappa shape index (κ3) is 2.24. The largest absolute Gasteiger partial charge is 0.334 e. The fourth-order valence-electron chi connectivity index (χ4n) is 3.80. The molecule has 2 saturated carbocycles. The number of nitrogens with two attached hydrogens (primary N) is 1. The maximum absolute atomic E-state index is 12.4. The second-order valence-electron chi connectivity index (χ2n) is 7.35. The molecule has 2 fully saturated rings. The molecule has 0 aromatic carbocycles. The van der Waals surface area contributed by atoms with Crippen LogP contribution in [0.15, 0.2) is 15.4 Å². The number of fused-ring (bicyclic) bond motifs is 1. The lowest BCUT2D eigenvalue weighted by atomic mass is 9.98. The Kier molecular flexibility index (Phi) is 2.97. The molecule has 3 heterocycles. The van der Waals surface area contributed by atoms with Crippen LogP contribution in [-0.4, -0.2) is 24.9 Å². The first-order valence-electron chi connectivity index (χ1n) is 8.78. The lowest BCUT2D eigenvalue weighted by Gasteiger charge is -2.17. The van der Waals surface area contributed by atoms with E-state index in [1.54, 1.807) is 11.7 Å². The Balaban J connectivity index is 1.70. The minimum atomic E-state index is -0.518. The maximum atomic E-state index is 12.4. The Bertz CT molecular complexity index is 1020. The molecule has 0 saturated heterocycles. The number of nitrogens with zero attached hydrogens (tertiary/aromatic N) is 4. The predicted molar refractivity (Wildman–Crippen MR) is 90.9 cm³/mol. The summed E-state index contributed by atoms with van der Waals surface area (Å²) in [5.41, 5.74) is 7.95. The molecule has 2 aliphatic rings. The monoisotopic (exact) mass is 340 g/mol. The van der Waals surface area contributed by atoms with Crippen LogP contribution < -0.4 is 11.3 Å². The summed E-state index contributed by atoms with van der Waals surface area (Å²) in [6.07, 6.45) is 6.11. The number of hydrogen-bond acceptors (Lipinski definition) is 6. The Morgan fingerprint density at radius 1 is 1.32 bits per heavy atom. The molecule has 3 N–H and O–H groups in total. The van der Waals surface area contributed by atoms with Crippen molar-refractivity contribution < 1.29 is 4.52 Å². The lowest BCUT2D eigenvalue weighted by Crippen LogP contribution is -2.34. The summed E-state index contributed by atoms with van der Waals surface area (Å²) >= 11 is 0. The number of pyridine rings is 1. The Labute approximate surface area is 143 Å². The molecule has 0 bridgehead atoms. The van der Waals surface area contributed by atoms with Gasteiger partial charge in [0, 0.05) is 18.7 Å². The quantitative estimate of drug-likeness (QED) is 0.752. The van der Waals surface area contributed by atoms with Crippen LogP contribution in [0.3, 0.4) is 0 Å². The third-order valence-corrected chi connectivity index (χ3v) is 5.43. The number of aromatic nitrogens is 5. The van der Waals surface area contributed by atoms with E-state index in [9.17, 15) is 4.79 Å². The second-order valence-corrected chi connectivity index (χ2v) is 7.35. The van der Waals surface area contributed by atoms with Gasteiger partial charge in [-0.2, -0.15) is 4.98 Å². The summed E-state index contributed by atoms with van der Waals surface area (Å²) in [6.45, 7) is 0. The highest BCUT2D eigenvalue weighted by molar-refractivity contribution is 5.90. The summed E-state index contributed by atoms with van der Waals surface area (Å²) in [5.74, 6) is 1.33. The van der Waals surface area contributed by atoms with E-state index in [-0.39, 0.29) is 5.56 Å². The van der Waals surface area contributed by atoms with Gasteiger partial charge in [0.05, 0.1) is 16.5 Å². The average molecular weight is 340 g/mol. The molecule has 0 aliphatic heterocycles. The van der Waals surface area contributed by atoms with Gasteiger partial charge < -0.3 is 10.3 Å². The summed E-state index contributed by atoms with van der Waals surface area (Å²) in [6, 6.07) is 1.92. The Morgan fingerprint density at radius 3 is 2.80 bits per heavy atom. The molecule has 0 unspecified atom stereocenters. The van der Waals surface area contributed by atoms with E-state index in [1.165, 1.54) is 0 Å². The first kappa shape index (κ1) is 14.8. The van der Waals surface area contributed by atoms with Crippen LogP contribution in [0, 0.1) is 0 Å². The molecule has 0 atom stereocenters. The normalized spacial score (nSPS) is 19.8. The van der Waals surface area contributed by atoms with Gasteiger partial charge in [-0.1, -0.05) is 18.0 Å². The van der Waals surface area contributed by atoms with Gasteiger partial charge in [0.25, 0.3) is 11.4 Å². The first-order chi connectivity index (χ1) is 12.0. The number of nitrogens with one attached hydrogen (secondary N) is 1. The van der Waals surface area contributed by atoms with Crippen LogP contribution in [0.5, 0.6) is 0 Å². The molecule has 5 rings (SSSR count). The van der Waals surface area contributed by atoms with Crippen molar-refractivity contribution in [3.05, 3.63) is 27.9 Å². The van der Waals surface area contributed by atoms with Crippen LogP contribution >= 0.6 is 0 Å². The molecule has 2 aliphatic carbocycles. The third-order valence-electron chi connectivity index (χ3n) is 5.43. The van der Waals surface area contributed by atoms with Crippen LogP contribution in [-0.2, 0) is 12.6 Å². The van der Waals surface area contributed by atoms with Gasteiger partial charge in [-0.25, -0.2) is 4.98 Å². The number of aromatic amines is 1. The minimum absolute atomic E-state index is 0.203. The van der Waals surface area contributed by atoms with E-state index in [2.05, 4.69) is 20.2 Å². The van der Waals surface area contributed by atoms with E-state index < -0.39 is 5.54 Å². The highest BCUT2D eigenvalue weighted by Gasteiger charge is 2.36. The second kappa shape index (κ2) is 5.01. The fraction of sp³-hybridized carbons (Fsp3) is 0.529. The Morgan fingerprint density at radius 2 is 2.08 bits per heavy atom. The van der Waals surface area contributed by atoms with Crippen molar-refractivity contribution in [3.8, 4) is 11.5 Å². The average Bonchev–Trinajstić information content (AvgIpc) is 3.02. The molecular weight excluding hydrogens is 320 g/mol. The maximum Gasteiger partial charge on any atom is 0.274 e. The van der Waals surface area contributed by atoms with Crippen molar-refractivity contribution in [2.75, 3.05) is 0 Å². The molecular formula is C17H20N6O2. The van der Waals surface area contributed by atoms with Crippen molar-refractivity contribution in [1.29, 1.82) is 0 Å². The predicted octanol–water partition coefficient (Wildman–Crippen LogP) is 1.92. The zero-order chi connectivity index (χ0) is 17.2. The molecule has 8 nitrogen and oxygen atoms in total. The van der Waals surface area contributed by atoms with Crippen molar-refractivity contribution in [3.63, 3.8) is 0 Å². The van der Waals surface area contributed by atoms with E-state index in [1.807, 2.05) is 6.07 Å². The molecule has 25 heavy (non-hydrogen) atoms. The highest BCUT2D eigenvalue weighted by atomic mass is 16.5. The van der Waals surface area contributed by atoms with Gasteiger partial charge in [-0.05, 0) is 31.7 Å². The van der Waals surface area contributed by atoms with Crippen molar-refractivity contribution >= 4 is 11.0 Å². The molecule has 3 aromatic rings.